The number of carbonyl (C=O) groups excluding carboxylic acids is 1. The molecule has 4 nitrogen and oxygen atoms in total. The lowest BCUT2D eigenvalue weighted by atomic mass is 10.0. The van der Waals surface area contributed by atoms with Gasteiger partial charge in [-0.05, 0) is 61.8 Å². The van der Waals surface area contributed by atoms with Gasteiger partial charge in [-0.25, -0.2) is 4.39 Å². The molecule has 0 bridgehead atoms. The summed E-state index contributed by atoms with van der Waals surface area (Å²) in [5, 5.41) is 2.97. The third kappa shape index (κ3) is 4.61. The molecule has 0 aromatic heterocycles. The van der Waals surface area contributed by atoms with Crippen molar-refractivity contribution in [2.24, 2.45) is 0 Å². The van der Waals surface area contributed by atoms with Crippen LogP contribution in [0.2, 0.25) is 0 Å². The van der Waals surface area contributed by atoms with Crippen molar-refractivity contribution in [1.82, 2.24) is 10.2 Å². The molecule has 1 aliphatic rings. The lowest BCUT2D eigenvalue weighted by Crippen LogP contribution is -2.40. The lowest BCUT2D eigenvalue weighted by Gasteiger charge is -2.35. The third-order valence-corrected chi connectivity index (χ3v) is 4.87. The SMILES string of the molecule is COc1ccc([C@H](CNC(=O)c2cccc(F)c2)N2CCCCC2)cc1. The molecule has 1 fully saturated rings. The molecule has 1 atom stereocenters. The summed E-state index contributed by atoms with van der Waals surface area (Å²) in [5.41, 5.74) is 1.49. The molecule has 1 amide bonds. The van der Waals surface area contributed by atoms with Gasteiger partial charge in [0, 0.05) is 12.1 Å². The second kappa shape index (κ2) is 8.81. The van der Waals surface area contributed by atoms with Gasteiger partial charge in [0.25, 0.3) is 5.91 Å². The quantitative estimate of drug-likeness (QED) is 0.856. The van der Waals surface area contributed by atoms with E-state index in [1.54, 1.807) is 19.2 Å². The van der Waals surface area contributed by atoms with E-state index in [-0.39, 0.29) is 11.9 Å². The number of hydrogen-bond donors (Lipinski definition) is 1. The topological polar surface area (TPSA) is 41.6 Å². The highest BCUT2D eigenvalue weighted by molar-refractivity contribution is 5.94. The maximum atomic E-state index is 13.4. The van der Waals surface area contributed by atoms with Crippen LogP contribution in [0.3, 0.4) is 0 Å². The fraction of sp³-hybridized carbons (Fsp3) is 0.381. The molecule has 0 radical (unpaired) electrons. The Morgan fingerprint density at radius 3 is 2.54 bits per heavy atom. The Bertz CT molecular complexity index is 727. The minimum Gasteiger partial charge on any atom is -0.497 e. The first-order chi connectivity index (χ1) is 12.7. The third-order valence-electron chi connectivity index (χ3n) is 4.87. The summed E-state index contributed by atoms with van der Waals surface area (Å²) in [4.78, 5) is 14.8. The Hall–Kier alpha value is -2.40. The minimum absolute atomic E-state index is 0.0960. The summed E-state index contributed by atoms with van der Waals surface area (Å²) in [6.07, 6.45) is 3.59. The summed E-state index contributed by atoms with van der Waals surface area (Å²) in [5.74, 6) is 0.162. The Balaban J connectivity index is 1.73. The molecule has 1 saturated heterocycles. The van der Waals surface area contributed by atoms with Gasteiger partial charge in [0.15, 0.2) is 0 Å². The van der Waals surface area contributed by atoms with Crippen molar-refractivity contribution >= 4 is 5.91 Å². The van der Waals surface area contributed by atoms with Crippen LogP contribution in [0.1, 0.15) is 41.2 Å². The van der Waals surface area contributed by atoms with Gasteiger partial charge in [0.1, 0.15) is 11.6 Å². The van der Waals surface area contributed by atoms with Crippen LogP contribution in [0.15, 0.2) is 48.5 Å². The zero-order chi connectivity index (χ0) is 18.4. The van der Waals surface area contributed by atoms with Crippen LogP contribution in [0.4, 0.5) is 4.39 Å². The van der Waals surface area contributed by atoms with Gasteiger partial charge >= 0.3 is 0 Å². The van der Waals surface area contributed by atoms with E-state index in [2.05, 4.69) is 10.2 Å². The van der Waals surface area contributed by atoms with Gasteiger partial charge < -0.3 is 10.1 Å². The van der Waals surface area contributed by atoms with Crippen molar-refractivity contribution in [1.29, 1.82) is 0 Å². The number of hydrogen-bond acceptors (Lipinski definition) is 3. The maximum absolute atomic E-state index is 13.4. The molecule has 0 unspecified atom stereocenters. The number of amides is 1. The van der Waals surface area contributed by atoms with Crippen molar-refractivity contribution in [3.63, 3.8) is 0 Å². The van der Waals surface area contributed by atoms with Crippen LogP contribution < -0.4 is 10.1 Å². The number of nitrogens with one attached hydrogen (secondary N) is 1. The van der Waals surface area contributed by atoms with E-state index in [1.807, 2.05) is 24.3 Å². The number of ether oxygens (including phenoxy) is 1. The normalized spacial score (nSPS) is 16.1. The molecule has 1 heterocycles. The maximum Gasteiger partial charge on any atom is 0.251 e. The van der Waals surface area contributed by atoms with Crippen molar-refractivity contribution in [2.75, 3.05) is 26.7 Å². The van der Waals surface area contributed by atoms with Crippen molar-refractivity contribution < 1.29 is 13.9 Å². The number of nitrogens with zero attached hydrogens (tertiary/aromatic N) is 1. The van der Waals surface area contributed by atoms with Crippen molar-refractivity contribution in [3.05, 3.63) is 65.5 Å². The fourth-order valence-electron chi connectivity index (χ4n) is 3.44. The standard InChI is InChI=1S/C21H25FN2O2/c1-26-19-10-8-16(9-11-19)20(24-12-3-2-4-13-24)15-23-21(25)17-6-5-7-18(22)14-17/h5-11,14,20H,2-4,12-13,15H2,1H3,(H,23,25)/t20-/m0/s1. The number of methoxy groups -OCH3 is 1. The summed E-state index contributed by atoms with van der Waals surface area (Å²) in [6, 6.07) is 13.9. The van der Waals surface area contributed by atoms with Crippen LogP contribution in [-0.2, 0) is 0 Å². The van der Waals surface area contributed by atoms with E-state index < -0.39 is 5.82 Å². The molecule has 138 valence electrons. The summed E-state index contributed by atoms with van der Waals surface area (Å²) in [7, 11) is 1.65. The zero-order valence-corrected chi connectivity index (χ0v) is 15.1. The molecule has 2 aromatic rings. The van der Waals surface area contributed by atoms with Crippen LogP contribution in [-0.4, -0.2) is 37.6 Å². The van der Waals surface area contributed by atoms with Crippen LogP contribution in [0, 0.1) is 5.82 Å². The van der Waals surface area contributed by atoms with Crippen LogP contribution >= 0.6 is 0 Å². The molecule has 3 rings (SSSR count). The fourth-order valence-corrected chi connectivity index (χ4v) is 3.44. The highest BCUT2D eigenvalue weighted by Gasteiger charge is 2.23. The largest absolute Gasteiger partial charge is 0.497 e. The number of carbonyl (C=O) groups is 1. The number of rotatable bonds is 6. The van der Waals surface area contributed by atoms with E-state index in [1.165, 1.54) is 31.4 Å². The number of likely N-dealkylation sites (tertiary alicyclic amines) is 1. The van der Waals surface area contributed by atoms with E-state index in [4.69, 9.17) is 4.74 Å². The molecule has 0 saturated carbocycles. The van der Waals surface area contributed by atoms with Gasteiger partial charge in [-0.2, -0.15) is 0 Å². The van der Waals surface area contributed by atoms with E-state index in [0.717, 1.165) is 24.4 Å². The summed E-state index contributed by atoms with van der Waals surface area (Å²) in [6.45, 7) is 2.53. The highest BCUT2D eigenvalue weighted by atomic mass is 19.1. The molecule has 5 heteroatoms. The minimum atomic E-state index is -0.402. The summed E-state index contributed by atoms with van der Waals surface area (Å²) >= 11 is 0. The van der Waals surface area contributed by atoms with Gasteiger partial charge in [-0.1, -0.05) is 24.6 Å². The smallest absolute Gasteiger partial charge is 0.251 e. The molecular formula is C21H25FN2O2. The predicted octanol–water partition coefficient (Wildman–Crippen LogP) is 3.79. The average molecular weight is 356 g/mol. The Morgan fingerprint density at radius 1 is 1.15 bits per heavy atom. The number of halogens is 1. The van der Waals surface area contributed by atoms with Crippen molar-refractivity contribution in [3.8, 4) is 5.75 Å². The van der Waals surface area contributed by atoms with Gasteiger partial charge in [-0.3, -0.25) is 9.69 Å². The van der Waals surface area contributed by atoms with Gasteiger partial charge in [-0.15, -0.1) is 0 Å². The van der Waals surface area contributed by atoms with Gasteiger partial charge in [0.2, 0.25) is 0 Å². The molecule has 26 heavy (non-hydrogen) atoms. The lowest BCUT2D eigenvalue weighted by molar-refractivity contribution is 0.0924. The van der Waals surface area contributed by atoms with Crippen LogP contribution in [0.25, 0.3) is 0 Å². The summed E-state index contributed by atoms with van der Waals surface area (Å²) < 4.78 is 18.6. The molecule has 2 aromatic carbocycles. The average Bonchev–Trinajstić information content (AvgIpc) is 2.69. The van der Waals surface area contributed by atoms with E-state index >= 15 is 0 Å². The molecule has 1 aliphatic heterocycles. The first kappa shape index (κ1) is 18.4. The highest BCUT2D eigenvalue weighted by Crippen LogP contribution is 2.26. The molecular weight excluding hydrogens is 331 g/mol. The second-order valence-corrected chi connectivity index (χ2v) is 6.61. The monoisotopic (exact) mass is 356 g/mol. The van der Waals surface area contributed by atoms with Crippen molar-refractivity contribution in [2.45, 2.75) is 25.3 Å². The Kier molecular flexibility index (Phi) is 6.23. The van der Waals surface area contributed by atoms with Crippen LogP contribution in [0.5, 0.6) is 5.75 Å². The molecule has 0 aliphatic carbocycles. The molecule has 0 spiro atoms. The van der Waals surface area contributed by atoms with Gasteiger partial charge in [0.05, 0.1) is 13.2 Å². The number of piperidine rings is 1. The zero-order valence-electron chi connectivity index (χ0n) is 15.1. The Morgan fingerprint density at radius 2 is 1.88 bits per heavy atom. The van der Waals surface area contributed by atoms with E-state index in [9.17, 15) is 9.18 Å². The number of benzene rings is 2. The molecule has 1 N–H and O–H groups in total. The Labute approximate surface area is 154 Å². The van der Waals surface area contributed by atoms with E-state index in [0.29, 0.717) is 12.1 Å². The first-order valence-corrected chi connectivity index (χ1v) is 9.09. The first-order valence-electron chi connectivity index (χ1n) is 9.09. The second-order valence-electron chi connectivity index (χ2n) is 6.61. The predicted molar refractivity (Wildman–Crippen MR) is 99.9 cm³/mol.